The second-order valence-electron chi connectivity index (χ2n) is 33.3. The van der Waals surface area contributed by atoms with E-state index >= 15 is 132 Å². The Bertz CT molecular complexity index is 5590. The van der Waals surface area contributed by atoms with E-state index in [0.717, 1.165) is 24.3 Å². The molecule has 0 aliphatic rings. The highest BCUT2D eigenvalue weighted by Crippen LogP contribution is 2.47. The van der Waals surface area contributed by atoms with Crippen molar-refractivity contribution in [2.45, 2.75) is 168 Å². The Morgan fingerprint density at radius 1 is 0.203 bits per heavy atom. The molecule has 0 radical (unpaired) electrons. The lowest BCUT2D eigenvalue weighted by Crippen LogP contribution is -2.81. The van der Waals surface area contributed by atoms with Crippen molar-refractivity contribution >= 4 is 77.8 Å². The van der Waals surface area contributed by atoms with Crippen molar-refractivity contribution in [1.29, 1.82) is 0 Å². The predicted molar refractivity (Wildman–Crippen MR) is 425 cm³/mol. The number of halogens is 30. The molecule has 0 aliphatic carbocycles. The average molecular weight is 1860 g/mol. The molecule has 38 heteroatoms. The Kier molecular flexibility index (Phi) is 26.6. The lowest BCUT2D eigenvalue weighted by Gasteiger charge is -2.42. The highest BCUT2D eigenvalue weighted by atomic mass is 33.1. The fourth-order valence-electron chi connectivity index (χ4n) is 17.4. The van der Waals surface area contributed by atoms with E-state index < -0.39 is 311 Å². The van der Waals surface area contributed by atoms with Crippen molar-refractivity contribution < 1.29 is 141 Å². The van der Waals surface area contributed by atoms with Gasteiger partial charge in [-0.1, -0.05) is 184 Å². The number of para-hydroxylation sites is 4. The first kappa shape index (κ1) is 96.4. The van der Waals surface area contributed by atoms with Crippen molar-refractivity contribution in [3.05, 3.63) is 304 Å². The molecule has 2 aromatic heterocycles. The fraction of sp³-hybridized carbons (Fsp3) is 0.267. The molecule has 128 heavy (non-hydrogen) atoms. The van der Waals surface area contributed by atoms with E-state index in [-0.39, 0.29) is 78.5 Å². The minimum atomic E-state index is -7.04. The van der Waals surface area contributed by atoms with Crippen molar-refractivity contribution in [3.8, 4) is 22.7 Å². The monoisotopic (exact) mass is 1860 g/mol. The number of benzene rings is 10. The SMILES string of the molecule is CC(C)c1cccc(C(C)C)c1-n1c([B-](c2c(F)c(F)c(F)c(F)c2F)(c2c(F)c(F)c(F)c(F)c2F)c2c(F)c(F)c(F)c(F)c2F)c[n+](-c2c(C(C)C)cccc2C(C)C)c1SSc1n(-c2c(C(C)C)cccc2C(C)C)c([B-](c2c(F)c(F)c(F)c(F)c2F)(c2c(F)c(F)c(F)c(F)c2F)c2c(F)c(F)c(F)c(F)c2F)c[n+]1-c1c(C(C)C)cccc1C(C)C. The van der Waals surface area contributed by atoms with Gasteiger partial charge in [0, 0.05) is 66.1 Å². The highest BCUT2D eigenvalue weighted by Gasteiger charge is 2.58. The van der Waals surface area contributed by atoms with Gasteiger partial charge in [-0.05, 0) is 58.5 Å². The van der Waals surface area contributed by atoms with Crippen LogP contribution in [0.25, 0.3) is 22.7 Å². The van der Waals surface area contributed by atoms with Crippen LogP contribution in [0.1, 0.15) is 203 Å². The van der Waals surface area contributed by atoms with Gasteiger partial charge in [0.05, 0.1) is 12.4 Å². The maximum Gasteiger partial charge on any atom is 0.336 e. The van der Waals surface area contributed by atoms with E-state index in [9.17, 15) is 0 Å². The second-order valence-corrected chi connectivity index (χ2v) is 35.3. The van der Waals surface area contributed by atoms with Crippen LogP contribution < -0.4 is 53.1 Å². The van der Waals surface area contributed by atoms with Crippen LogP contribution in [0.4, 0.5) is 132 Å². The summed E-state index contributed by atoms with van der Waals surface area (Å²) in [7, 11) is -0.249. The van der Waals surface area contributed by atoms with Gasteiger partial charge < -0.3 is 0 Å². The average Bonchev–Trinajstić information content (AvgIpc) is 1.43. The van der Waals surface area contributed by atoms with Crippen molar-refractivity contribution in [3.63, 3.8) is 0 Å². The standard InChI is InChI=1S/C90H70B2F30N4S2/c1-31(2)39-21-17-22-40(32(3)4)85(39)123-29-47(91(49-55(93)67(105)79(117)68(106)56(49)94,50-57(95)69(107)80(118)70(108)58(50)96)51-59(97)71(109)81(119)72(110)60(51)98)125(87-43(35(9)10)25-19-26-44(87)36(11)12)89(123)127-128-90-124(86-41(33(5)6)23-18-24-42(86)34(7)8)30-48(126(90)88-45(37(13)14)27-20-28-46(88)38(15)16)92(52-61(99)73(111)82(120)74(112)62(52)100,53-63(101)75(113)83(121)76(114)64(53)102)54-65(103)77(115)84(122)78(116)66(54)104/h17-38H,1-16H3. The van der Waals surface area contributed by atoms with Crippen LogP contribution in [0.3, 0.4) is 0 Å². The number of aromatic nitrogens is 4. The van der Waals surface area contributed by atoms with Gasteiger partial charge in [0.25, 0.3) is 0 Å². The van der Waals surface area contributed by atoms with Crippen LogP contribution in [0.5, 0.6) is 0 Å². The molecular formula is C90H70B2F30N4S2. The summed E-state index contributed by atoms with van der Waals surface area (Å²) in [5.41, 5.74) is -27.3. The molecule has 4 nitrogen and oxygen atoms in total. The van der Waals surface area contributed by atoms with Crippen LogP contribution in [0.15, 0.2) is 95.5 Å². The number of rotatable bonds is 23. The minimum Gasteiger partial charge on any atom is -0.224 e. The largest absolute Gasteiger partial charge is 0.336 e. The van der Waals surface area contributed by atoms with Gasteiger partial charge in [0.1, 0.15) is 92.6 Å². The van der Waals surface area contributed by atoms with Gasteiger partial charge in [-0.25, -0.2) is 141 Å². The van der Waals surface area contributed by atoms with E-state index in [2.05, 4.69) is 0 Å². The van der Waals surface area contributed by atoms with Crippen LogP contribution in [0, 0.1) is 175 Å². The number of hydrogen-bond acceptors (Lipinski definition) is 2. The zero-order valence-electron chi connectivity index (χ0n) is 69.8. The summed E-state index contributed by atoms with van der Waals surface area (Å²) < 4.78 is 529. The third kappa shape index (κ3) is 14.5. The van der Waals surface area contributed by atoms with Gasteiger partial charge >= 0.3 is 10.3 Å². The minimum absolute atomic E-state index is 0.0960. The molecule has 0 atom stereocenters. The third-order valence-electron chi connectivity index (χ3n) is 23.3. The van der Waals surface area contributed by atoms with Crippen LogP contribution in [0.2, 0.25) is 0 Å². The molecule has 0 N–H and O–H groups in total. The van der Waals surface area contributed by atoms with Gasteiger partial charge in [0.2, 0.25) is 0 Å². The fourth-order valence-corrected chi connectivity index (χ4v) is 19.9. The molecule has 12 rings (SSSR count). The first-order chi connectivity index (χ1) is 59.7. The molecule has 0 spiro atoms. The first-order valence-corrected chi connectivity index (χ1v) is 41.6. The third-order valence-corrected chi connectivity index (χ3v) is 25.6. The summed E-state index contributed by atoms with van der Waals surface area (Å²) in [5.74, 6) is -112. The normalized spacial score (nSPS) is 12.5. The summed E-state index contributed by atoms with van der Waals surface area (Å²) in [6.45, 7) is 22.1. The maximum atomic E-state index is 18.6. The summed E-state index contributed by atoms with van der Waals surface area (Å²) in [6.07, 6.45) is -13.6. The van der Waals surface area contributed by atoms with E-state index in [1.54, 1.807) is 0 Å². The van der Waals surface area contributed by atoms with Crippen LogP contribution >= 0.6 is 21.6 Å². The zero-order valence-corrected chi connectivity index (χ0v) is 71.4. The van der Waals surface area contributed by atoms with E-state index in [1.165, 1.54) is 159 Å². The summed E-state index contributed by atoms with van der Waals surface area (Å²) >= 11 is 0. The Morgan fingerprint density at radius 3 is 0.477 bits per heavy atom. The number of imidazole rings is 2. The molecule has 10 aromatic carbocycles. The highest BCUT2D eigenvalue weighted by molar-refractivity contribution is 8.76. The van der Waals surface area contributed by atoms with E-state index in [1.807, 2.05) is 0 Å². The summed E-state index contributed by atoms with van der Waals surface area (Å²) in [5, 5.41) is -2.28. The Balaban J connectivity index is 1.55. The Labute approximate surface area is 719 Å². The lowest BCUT2D eigenvalue weighted by atomic mass is 9.13. The van der Waals surface area contributed by atoms with E-state index in [0.29, 0.717) is 18.3 Å². The second kappa shape index (κ2) is 35.3. The molecule has 0 aliphatic heterocycles. The van der Waals surface area contributed by atoms with Crippen molar-refractivity contribution in [2.75, 3.05) is 0 Å². The molecule has 0 unspecified atom stereocenters. The zero-order chi connectivity index (χ0) is 95.3. The summed E-state index contributed by atoms with van der Waals surface area (Å²) in [4.78, 5) is 0. The molecule has 0 fully saturated rings. The Hall–Kier alpha value is -10.7. The predicted octanol–water partition coefficient (Wildman–Crippen LogP) is 22.5. The molecular weight excluding hydrogens is 1790 g/mol. The number of hydrogen-bond donors (Lipinski definition) is 0. The van der Waals surface area contributed by atoms with Gasteiger partial charge in [-0.15, -0.1) is 32.8 Å². The molecule has 0 saturated heterocycles. The first-order valence-electron chi connectivity index (χ1n) is 39.4. The summed E-state index contributed by atoms with van der Waals surface area (Å²) in [6, 6.07) is 14.9. The molecule has 0 amide bonds. The molecule has 0 saturated carbocycles. The Morgan fingerprint density at radius 2 is 0.336 bits per heavy atom. The molecule has 678 valence electrons. The quantitative estimate of drug-likeness (QED) is 0.0159. The van der Waals surface area contributed by atoms with Gasteiger partial charge in [-0.3, -0.25) is 0 Å². The maximum absolute atomic E-state index is 18.6. The smallest absolute Gasteiger partial charge is 0.224 e. The molecule has 2 heterocycles. The van der Waals surface area contributed by atoms with Crippen molar-refractivity contribution in [2.24, 2.45) is 0 Å². The number of nitrogens with zero attached hydrogens (tertiary/aromatic N) is 4. The molecule has 0 bridgehead atoms. The molecule has 12 aromatic rings. The van der Waals surface area contributed by atoms with Crippen LogP contribution in [-0.2, 0) is 0 Å². The van der Waals surface area contributed by atoms with Gasteiger partial charge in [0.15, 0.2) is 117 Å². The van der Waals surface area contributed by atoms with Crippen LogP contribution in [-0.4, -0.2) is 21.4 Å². The topological polar surface area (TPSA) is 17.6 Å². The lowest BCUT2D eigenvalue weighted by molar-refractivity contribution is -0.638. The van der Waals surface area contributed by atoms with Crippen molar-refractivity contribution in [1.82, 2.24) is 9.13 Å². The van der Waals surface area contributed by atoms with Gasteiger partial charge in [-0.2, -0.15) is 9.13 Å². The van der Waals surface area contributed by atoms with E-state index in [4.69, 9.17) is 0 Å².